The van der Waals surface area contributed by atoms with E-state index in [1.54, 1.807) is 14.2 Å². The molecule has 3 aromatic rings. The summed E-state index contributed by atoms with van der Waals surface area (Å²) in [5, 5.41) is 0. The highest BCUT2D eigenvalue weighted by Crippen LogP contribution is 2.30. The normalized spacial score (nSPS) is 23.1. The van der Waals surface area contributed by atoms with Gasteiger partial charge in [0.1, 0.15) is 35.9 Å². The SMILES string of the molecule is COc1ccc(CO[C@@H]2[C@@H](OCc3ccccc3)[C@@H](OC)O[C@H](C=O)[C@H]2OCc2ccc(OC)cc2)cc1. The number of hydrogen-bond donors (Lipinski definition) is 0. The van der Waals surface area contributed by atoms with Gasteiger partial charge in [-0.2, -0.15) is 0 Å². The van der Waals surface area contributed by atoms with Crippen LogP contribution < -0.4 is 9.47 Å². The van der Waals surface area contributed by atoms with Crippen LogP contribution in [0.4, 0.5) is 0 Å². The van der Waals surface area contributed by atoms with Gasteiger partial charge in [-0.3, -0.25) is 0 Å². The molecule has 8 heteroatoms. The van der Waals surface area contributed by atoms with Crippen molar-refractivity contribution in [2.24, 2.45) is 0 Å². The average Bonchev–Trinajstić information content (AvgIpc) is 2.98. The summed E-state index contributed by atoms with van der Waals surface area (Å²) in [6.45, 7) is 0.826. The topological polar surface area (TPSA) is 81.7 Å². The predicted molar refractivity (Wildman–Crippen MR) is 140 cm³/mol. The molecule has 1 aliphatic rings. The van der Waals surface area contributed by atoms with Crippen LogP contribution >= 0.6 is 0 Å². The van der Waals surface area contributed by atoms with E-state index in [1.807, 2.05) is 78.9 Å². The van der Waals surface area contributed by atoms with Crippen molar-refractivity contribution in [1.82, 2.24) is 0 Å². The molecule has 8 nitrogen and oxygen atoms in total. The highest BCUT2D eigenvalue weighted by molar-refractivity contribution is 5.57. The molecule has 0 spiro atoms. The zero-order valence-corrected chi connectivity index (χ0v) is 21.9. The van der Waals surface area contributed by atoms with Crippen LogP contribution in [0.3, 0.4) is 0 Å². The smallest absolute Gasteiger partial charge is 0.187 e. The summed E-state index contributed by atoms with van der Waals surface area (Å²) in [4.78, 5) is 12.1. The first-order valence-electron chi connectivity index (χ1n) is 12.4. The first-order chi connectivity index (χ1) is 18.6. The Morgan fingerprint density at radius 1 is 0.632 bits per heavy atom. The molecule has 1 heterocycles. The lowest BCUT2D eigenvalue weighted by Gasteiger charge is -2.44. The monoisotopic (exact) mass is 522 g/mol. The van der Waals surface area contributed by atoms with Gasteiger partial charge >= 0.3 is 0 Å². The highest BCUT2D eigenvalue weighted by Gasteiger charge is 2.48. The van der Waals surface area contributed by atoms with Crippen molar-refractivity contribution in [3.05, 3.63) is 95.6 Å². The van der Waals surface area contributed by atoms with Gasteiger partial charge < -0.3 is 38.0 Å². The molecule has 0 unspecified atom stereocenters. The first-order valence-corrected chi connectivity index (χ1v) is 12.4. The third-order valence-electron chi connectivity index (χ3n) is 6.39. The molecule has 0 bridgehead atoms. The van der Waals surface area contributed by atoms with Gasteiger partial charge in [-0.25, -0.2) is 0 Å². The Kier molecular flexibility index (Phi) is 10.3. The van der Waals surface area contributed by atoms with Crippen LogP contribution in [-0.4, -0.2) is 58.3 Å². The van der Waals surface area contributed by atoms with Gasteiger partial charge in [-0.1, -0.05) is 54.6 Å². The van der Waals surface area contributed by atoms with Crippen molar-refractivity contribution in [2.45, 2.75) is 50.5 Å². The molecule has 5 atom stereocenters. The fraction of sp³-hybridized carbons (Fsp3) is 0.367. The molecular weight excluding hydrogens is 488 g/mol. The van der Waals surface area contributed by atoms with E-state index in [4.69, 9.17) is 33.2 Å². The Labute approximate surface area is 223 Å². The minimum absolute atomic E-state index is 0.244. The van der Waals surface area contributed by atoms with E-state index >= 15 is 0 Å². The van der Waals surface area contributed by atoms with Crippen molar-refractivity contribution in [1.29, 1.82) is 0 Å². The van der Waals surface area contributed by atoms with Gasteiger partial charge in [-0.05, 0) is 41.0 Å². The second-order valence-corrected chi connectivity index (χ2v) is 8.85. The summed E-state index contributed by atoms with van der Waals surface area (Å²) >= 11 is 0. The first kappa shape index (κ1) is 27.8. The van der Waals surface area contributed by atoms with Gasteiger partial charge in [0.25, 0.3) is 0 Å². The van der Waals surface area contributed by atoms with E-state index < -0.39 is 30.7 Å². The zero-order valence-electron chi connectivity index (χ0n) is 21.9. The fourth-order valence-electron chi connectivity index (χ4n) is 4.29. The van der Waals surface area contributed by atoms with Crippen LogP contribution in [0.1, 0.15) is 16.7 Å². The van der Waals surface area contributed by atoms with Gasteiger partial charge in [-0.15, -0.1) is 0 Å². The molecule has 4 rings (SSSR count). The Morgan fingerprint density at radius 2 is 1.11 bits per heavy atom. The van der Waals surface area contributed by atoms with Crippen molar-refractivity contribution in [3.8, 4) is 11.5 Å². The Morgan fingerprint density at radius 3 is 1.58 bits per heavy atom. The molecule has 0 radical (unpaired) electrons. The summed E-state index contributed by atoms with van der Waals surface area (Å²) in [5.41, 5.74) is 2.84. The van der Waals surface area contributed by atoms with E-state index in [-0.39, 0.29) is 13.2 Å². The predicted octanol–water partition coefficient (Wildman–Crippen LogP) is 4.33. The highest BCUT2D eigenvalue weighted by atomic mass is 16.7. The lowest BCUT2D eigenvalue weighted by Crippen LogP contribution is -2.61. The van der Waals surface area contributed by atoms with Crippen LogP contribution in [-0.2, 0) is 48.3 Å². The summed E-state index contributed by atoms with van der Waals surface area (Å²) in [7, 11) is 4.76. The van der Waals surface area contributed by atoms with Crippen molar-refractivity contribution in [2.75, 3.05) is 21.3 Å². The van der Waals surface area contributed by atoms with Gasteiger partial charge in [0.05, 0.1) is 34.0 Å². The maximum Gasteiger partial charge on any atom is 0.187 e. The van der Waals surface area contributed by atoms with Crippen LogP contribution in [0.2, 0.25) is 0 Å². The molecular formula is C30H34O8. The van der Waals surface area contributed by atoms with E-state index in [9.17, 15) is 4.79 Å². The number of ether oxygens (including phenoxy) is 7. The standard InChI is InChI=1S/C30H34O8/c1-32-24-13-9-22(10-14-24)19-35-27-26(17-31)38-30(34-3)29(37-18-21-7-5-4-6-8-21)28(27)36-20-23-11-15-25(33-2)16-12-23/h4-17,26-30H,18-20H2,1-3H3/t26-,27-,28+,29-,30+/m1/s1. The van der Waals surface area contributed by atoms with Crippen LogP contribution in [0.5, 0.6) is 11.5 Å². The largest absolute Gasteiger partial charge is 0.497 e. The fourth-order valence-corrected chi connectivity index (χ4v) is 4.29. The Hall–Kier alpha value is -3.27. The Balaban J connectivity index is 1.56. The molecule has 0 aliphatic carbocycles. The van der Waals surface area contributed by atoms with E-state index in [2.05, 4.69) is 0 Å². The van der Waals surface area contributed by atoms with Gasteiger partial charge in [0, 0.05) is 7.11 Å². The molecule has 0 saturated carbocycles. The number of methoxy groups -OCH3 is 3. The summed E-state index contributed by atoms with van der Waals surface area (Å²) in [5.74, 6) is 1.50. The molecule has 0 aromatic heterocycles. The van der Waals surface area contributed by atoms with Crippen LogP contribution in [0, 0.1) is 0 Å². The van der Waals surface area contributed by atoms with Gasteiger partial charge in [0.15, 0.2) is 12.6 Å². The number of carbonyl (C=O) groups is 1. The number of rotatable bonds is 13. The molecule has 0 N–H and O–H groups in total. The minimum Gasteiger partial charge on any atom is -0.497 e. The molecule has 1 saturated heterocycles. The molecule has 3 aromatic carbocycles. The minimum atomic E-state index is -0.907. The third kappa shape index (κ3) is 7.18. The van der Waals surface area contributed by atoms with Gasteiger partial charge in [0.2, 0.25) is 0 Å². The molecule has 38 heavy (non-hydrogen) atoms. The molecule has 1 fully saturated rings. The molecule has 202 valence electrons. The number of carbonyl (C=O) groups excluding carboxylic acids is 1. The van der Waals surface area contributed by atoms with E-state index in [0.29, 0.717) is 6.61 Å². The molecule has 1 aliphatic heterocycles. The Bertz CT molecular complexity index is 1100. The lowest BCUT2D eigenvalue weighted by atomic mass is 9.98. The average molecular weight is 523 g/mol. The summed E-state index contributed by atoms with van der Waals surface area (Å²) in [6.07, 6.45) is -3.06. The second-order valence-electron chi connectivity index (χ2n) is 8.85. The quantitative estimate of drug-likeness (QED) is 0.307. The summed E-state index contributed by atoms with van der Waals surface area (Å²) < 4.78 is 41.1. The lowest BCUT2D eigenvalue weighted by molar-refractivity contribution is -0.309. The number of benzene rings is 3. The number of aldehydes is 1. The van der Waals surface area contributed by atoms with Crippen molar-refractivity contribution < 1.29 is 38.0 Å². The zero-order chi connectivity index (χ0) is 26.7. The van der Waals surface area contributed by atoms with Crippen molar-refractivity contribution in [3.63, 3.8) is 0 Å². The maximum atomic E-state index is 12.1. The third-order valence-corrected chi connectivity index (χ3v) is 6.39. The second kappa shape index (κ2) is 14.0. The van der Waals surface area contributed by atoms with Crippen LogP contribution in [0.25, 0.3) is 0 Å². The van der Waals surface area contributed by atoms with Crippen molar-refractivity contribution >= 4 is 6.29 Å². The van der Waals surface area contributed by atoms with Crippen LogP contribution in [0.15, 0.2) is 78.9 Å². The van der Waals surface area contributed by atoms with E-state index in [1.165, 1.54) is 7.11 Å². The summed E-state index contributed by atoms with van der Waals surface area (Å²) in [6, 6.07) is 24.9. The number of hydrogen-bond acceptors (Lipinski definition) is 8. The van der Waals surface area contributed by atoms with E-state index in [0.717, 1.165) is 34.5 Å². The maximum absolute atomic E-state index is 12.1. The molecule has 0 amide bonds.